The summed E-state index contributed by atoms with van der Waals surface area (Å²) < 4.78 is 5.47. The van der Waals surface area contributed by atoms with E-state index in [9.17, 15) is 4.79 Å². The number of carbonyl (C=O) groups is 1. The van der Waals surface area contributed by atoms with Crippen molar-refractivity contribution in [3.05, 3.63) is 53.5 Å². The van der Waals surface area contributed by atoms with Gasteiger partial charge in [0.05, 0.1) is 5.25 Å². The molecule has 0 aliphatic rings. The van der Waals surface area contributed by atoms with E-state index < -0.39 is 0 Å². The Morgan fingerprint density at radius 1 is 1.29 bits per heavy atom. The van der Waals surface area contributed by atoms with Crippen molar-refractivity contribution in [1.29, 1.82) is 0 Å². The third kappa shape index (κ3) is 4.39. The number of rotatable bonds is 6. The number of benzene rings is 1. The van der Waals surface area contributed by atoms with Crippen molar-refractivity contribution in [2.75, 3.05) is 0 Å². The molecule has 1 aromatic heterocycles. The second kappa shape index (κ2) is 7.36. The van der Waals surface area contributed by atoms with Crippen LogP contribution in [0.15, 0.2) is 45.7 Å². The average molecular weight is 303 g/mol. The highest BCUT2D eigenvalue weighted by atomic mass is 32.2. The highest BCUT2D eigenvalue weighted by Gasteiger charge is 2.18. The van der Waals surface area contributed by atoms with Crippen molar-refractivity contribution in [3.63, 3.8) is 0 Å². The summed E-state index contributed by atoms with van der Waals surface area (Å²) in [5.41, 5.74) is 1.04. The van der Waals surface area contributed by atoms with Gasteiger partial charge in [-0.15, -0.1) is 11.8 Å². The number of carbonyl (C=O) groups excluding carboxylic acids is 1. The van der Waals surface area contributed by atoms with E-state index in [-0.39, 0.29) is 11.2 Å². The van der Waals surface area contributed by atoms with Gasteiger partial charge in [-0.25, -0.2) is 0 Å². The van der Waals surface area contributed by atoms with Gasteiger partial charge in [0.1, 0.15) is 11.5 Å². The maximum Gasteiger partial charge on any atom is 0.233 e. The summed E-state index contributed by atoms with van der Waals surface area (Å²) in [6, 6.07) is 12.0. The minimum Gasteiger partial charge on any atom is -0.466 e. The molecule has 0 spiro atoms. The second-order valence-electron chi connectivity index (χ2n) is 4.98. The first-order valence-electron chi connectivity index (χ1n) is 7.15. The Morgan fingerprint density at radius 2 is 2.00 bits per heavy atom. The molecule has 0 fully saturated rings. The van der Waals surface area contributed by atoms with Crippen LogP contribution in [0.25, 0.3) is 0 Å². The molecule has 21 heavy (non-hydrogen) atoms. The number of thioether (sulfide) groups is 1. The first-order chi connectivity index (χ1) is 10.1. The lowest BCUT2D eigenvalue weighted by molar-refractivity contribution is -0.120. The Balaban J connectivity index is 1.93. The van der Waals surface area contributed by atoms with Crippen LogP contribution < -0.4 is 5.32 Å². The van der Waals surface area contributed by atoms with Crippen LogP contribution in [0.2, 0.25) is 0 Å². The largest absolute Gasteiger partial charge is 0.466 e. The first-order valence-corrected chi connectivity index (χ1v) is 8.03. The van der Waals surface area contributed by atoms with E-state index in [2.05, 4.69) is 5.32 Å². The van der Waals surface area contributed by atoms with Crippen molar-refractivity contribution in [1.82, 2.24) is 5.32 Å². The van der Waals surface area contributed by atoms with Crippen LogP contribution in [-0.2, 0) is 11.3 Å². The molecule has 0 saturated heterocycles. The maximum atomic E-state index is 12.3. The van der Waals surface area contributed by atoms with E-state index in [1.165, 1.54) is 0 Å². The number of amides is 1. The molecule has 1 N–H and O–H groups in total. The Bertz CT molecular complexity index is 592. The van der Waals surface area contributed by atoms with Gasteiger partial charge < -0.3 is 9.73 Å². The fourth-order valence-electron chi connectivity index (χ4n) is 2.14. The fourth-order valence-corrected chi connectivity index (χ4v) is 3.14. The fraction of sp³-hybridized carbons (Fsp3) is 0.353. The van der Waals surface area contributed by atoms with Crippen molar-refractivity contribution >= 4 is 17.7 Å². The van der Waals surface area contributed by atoms with Crippen LogP contribution in [0.5, 0.6) is 0 Å². The maximum absolute atomic E-state index is 12.3. The van der Waals surface area contributed by atoms with Crippen molar-refractivity contribution in [2.45, 2.75) is 43.9 Å². The third-order valence-corrected chi connectivity index (χ3v) is 4.66. The standard InChI is InChI=1S/C17H21NO2S/c1-4-16(21-15-8-6-5-7-9-15)17(19)18-11-14-10-12(2)20-13(14)3/h5-10,16H,4,11H2,1-3H3,(H,18,19). The quantitative estimate of drug-likeness (QED) is 0.818. The highest BCUT2D eigenvalue weighted by molar-refractivity contribution is 8.00. The minimum absolute atomic E-state index is 0.0688. The molecule has 1 heterocycles. The van der Waals surface area contributed by atoms with Gasteiger partial charge in [0.15, 0.2) is 0 Å². The van der Waals surface area contributed by atoms with E-state index in [0.717, 1.165) is 28.4 Å². The van der Waals surface area contributed by atoms with Gasteiger partial charge in [0.2, 0.25) is 5.91 Å². The lowest BCUT2D eigenvalue weighted by Gasteiger charge is -2.14. The van der Waals surface area contributed by atoms with Gasteiger partial charge in [-0.3, -0.25) is 4.79 Å². The monoisotopic (exact) mass is 303 g/mol. The summed E-state index contributed by atoms with van der Waals surface area (Å²) in [7, 11) is 0. The molecule has 1 amide bonds. The first kappa shape index (κ1) is 15.7. The summed E-state index contributed by atoms with van der Waals surface area (Å²) in [6.07, 6.45) is 0.800. The molecule has 1 atom stereocenters. The number of aryl methyl sites for hydroxylation is 2. The van der Waals surface area contributed by atoms with Crippen molar-refractivity contribution in [3.8, 4) is 0 Å². The van der Waals surface area contributed by atoms with Gasteiger partial charge in [-0.1, -0.05) is 25.1 Å². The average Bonchev–Trinajstić information content (AvgIpc) is 2.81. The van der Waals surface area contributed by atoms with Crippen molar-refractivity contribution < 1.29 is 9.21 Å². The smallest absolute Gasteiger partial charge is 0.233 e. The zero-order valence-electron chi connectivity index (χ0n) is 12.7. The lowest BCUT2D eigenvalue weighted by Crippen LogP contribution is -2.31. The molecule has 1 unspecified atom stereocenters. The second-order valence-corrected chi connectivity index (χ2v) is 6.26. The van der Waals surface area contributed by atoms with Gasteiger partial charge in [0, 0.05) is 17.0 Å². The minimum atomic E-state index is -0.0688. The molecular weight excluding hydrogens is 282 g/mol. The molecule has 1 aromatic carbocycles. The normalized spacial score (nSPS) is 12.1. The molecule has 112 valence electrons. The Labute approximate surface area is 130 Å². The Hall–Kier alpha value is -1.68. The summed E-state index contributed by atoms with van der Waals surface area (Å²) in [5, 5.41) is 2.94. The number of furan rings is 1. The predicted octanol–water partition coefficient (Wildman–Crippen LogP) is 4.08. The molecule has 0 saturated carbocycles. The SMILES string of the molecule is CCC(Sc1ccccc1)C(=O)NCc1cc(C)oc1C. The van der Waals surface area contributed by atoms with E-state index in [0.29, 0.717) is 6.54 Å². The summed E-state index contributed by atoms with van der Waals surface area (Å²) >= 11 is 1.61. The van der Waals surface area contributed by atoms with Gasteiger partial charge in [0.25, 0.3) is 0 Å². The van der Waals surface area contributed by atoms with Crippen LogP contribution in [0.4, 0.5) is 0 Å². The Morgan fingerprint density at radius 3 is 2.57 bits per heavy atom. The van der Waals surface area contributed by atoms with E-state index in [1.54, 1.807) is 11.8 Å². The van der Waals surface area contributed by atoms with Gasteiger partial charge in [-0.05, 0) is 38.5 Å². The molecule has 3 nitrogen and oxygen atoms in total. The summed E-state index contributed by atoms with van der Waals surface area (Å²) in [6.45, 7) is 6.39. The van der Waals surface area contributed by atoms with Crippen LogP contribution in [0.1, 0.15) is 30.4 Å². The van der Waals surface area contributed by atoms with E-state index >= 15 is 0 Å². The van der Waals surface area contributed by atoms with Gasteiger partial charge >= 0.3 is 0 Å². The topological polar surface area (TPSA) is 42.2 Å². The lowest BCUT2D eigenvalue weighted by atomic mass is 10.2. The number of hydrogen-bond acceptors (Lipinski definition) is 3. The molecule has 0 radical (unpaired) electrons. The number of nitrogens with one attached hydrogen (secondary N) is 1. The zero-order chi connectivity index (χ0) is 15.2. The van der Waals surface area contributed by atoms with Crippen LogP contribution >= 0.6 is 11.8 Å². The molecule has 2 aromatic rings. The van der Waals surface area contributed by atoms with Crippen LogP contribution in [-0.4, -0.2) is 11.2 Å². The highest BCUT2D eigenvalue weighted by Crippen LogP contribution is 2.25. The van der Waals surface area contributed by atoms with Gasteiger partial charge in [-0.2, -0.15) is 0 Å². The van der Waals surface area contributed by atoms with Crippen LogP contribution in [0, 0.1) is 13.8 Å². The predicted molar refractivity (Wildman–Crippen MR) is 86.4 cm³/mol. The van der Waals surface area contributed by atoms with E-state index in [1.807, 2.05) is 57.2 Å². The Kier molecular flexibility index (Phi) is 5.51. The summed E-state index contributed by atoms with van der Waals surface area (Å²) in [4.78, 5) is 13.4. The number of hydrogen-bond donors (Lipinski definition) is 1. The molecule has 0 bridgehead atoms. The molecule has 0 aliphatic carbocycles. The van der Waals surface area contributed by atoms with Crippen molar-refractivity contribution in [2.24, 2.45) is 0 Å². The molecule has 2 rings (SSSR count). The van der Waals surface area contributed by atoms with Crippen LogP contribution in [0.3, 0.4) is 0 Å². The molecule has 4 heteroatoms. The summed E-state index contributed by atoms with van der Waals surface area (Å²) in [5.74, 6) is 1.82. The van der Waals surface area contributed by atoms with E-state index in [4.69, 9.17) is 4.42 Å². The molecular formula is C17H21NO2S. The molecule has 0 aliphatic heterocycles. The zero-order valence-corrected chi connectivity index (χ0v) is 13.5. The third-order valence-electron chi connectivity index (χ3n) is 3.28.